The van der Waals surface area contributed by atoms with Crippen molar-refractivity contribution >= 4 is 29.1 Å². The highest BCUT2D eigenvalue weighted by molar-refractivity contribution is 6.30. The Morgan fingerprint density at radius 3 is 3.00 bits per heavy atom. The maximum Gasteiger partial charge on any atom is 0.270 e. The van der Waals surface area contributed by atoms with E-state index in [2.05, 4.69) is 20.5 Å². The van der Waals surface area contributed by atoms with E-state index in [1.54, 1.807) is 23.4 Å². The largest absolute Gasteiger partial charge is 0.356 e. The molecule has 0 aliphatic carbocycles. The molecule has 1 unspecified atom stereocenters. The Morgan fingerprint density at radius 1 is 1.48 bits per heavy atom. The number of hydrogen-bond acceptors (Lipinski definition) is 3. The standard InChI is InChI=1S/C15H18ClN5O2/c1-9(22)19-13-7-18-20-14(13)10-3-2-4-21(8-10)15(23)12-5-11(16)6-17-12/h5-7,10,17H,2-4,8H2,1H3,(H,18,20)(H,19,22). The third kappa shape index (κ3) is 3.39. The summed E-state index contributed by atoms with van der Waals surface area (Å²) in [5.74, 6) is -0.0953. The van der Waals surface area contributed by atoms with Gasteiger partial charge in [-0.25, -0.2) is 0 Å². The Bertz CT molecular complexity index is 723. The minimum absolute atomic E-state index is 0.0674. The van der Waals surface area contributed by atoms with Gasteiger partial charge in [0.2, 0.25) is 5.91 Å². The van der Waals surface area contributed by atoms with Crippen LogP contribution in [0.2, 0.25) is 5.02 Å². The number of rotatable bonds is 3. The zero-order valence-corrected chi connectivity index (χ0v) is 13.5. The van der Waals surface area contributed by atoms with Gasteiger partial charge in [0.1, 0.15) is 5.69 Å². The zero-order chi connectivity index (χ0) is 16.4. The topological polar surface area (TPSA) is 93.9 Å². The Hall–Kier alpha value is -2.28. The quantitative estimate of drug-likeness (QED) is 0.803. The number of halogens is 1. The highest BCUT2D eigenvalue weighted by Gasteiger charge is 2.28. The van der Waals surface area contributed by atoms with Crippen molar-refractivity contribution in [3.05, 3.63) is 34.9 Å². The van der Waals surface area contributed by atoms with E-state index in [-0.39, 0.29) is 17.7 Å². The van der Waals surface area contributed by atoms with E-state index in [0.717, 1.165) is 18.5 Å². The third-order valence-electron chi connectivity index (χ3n) is 3.97. The lowest BCUT2D eigenvalue weighted by atomic mass is 9.94. The van der Waals surface area contributed by atoms with Gasteiger partial charge in [-0.05, 0) is 18.9 Å². The van der Waals surface area contributed by atoms with Crippen LogP contribution >= 0.6 is 11.6 Å². The molecule has 8 heteroatoms. The van der Waals surface area contributed by atoms with Crippen LogP contribution in [-0.4, -0.2) is 45.0 Å². The van der Waals surface area contributed by atoms with Crippen LogP contribution in [0.4, 0.5) is 5.69 Å². The van der Waals surface area contributed by atoms with E-state index >= 15 is 0 Å². The van der Waals surface area contributed by atoms with Crippen LogP contribution < -0.4 is 5.32 Å². The zero-order valence-electron chi connectivity index (χ0n) is 12.7. The number of aromatic nitrogens is 3. The molecule has 0 spiro atoms. The fourth-order valence-corrected chi connectivity index (χ4v) is 3.12. The summed E-state index contributed by atoms with van der Waals surface area (Å²) < 4.78 is 0. The SMILES string of the molecule is CC(=O)Nc1cn[nH]c1C1CCCN(C(=O)c2cc(Cl)c[nH]2)C1. The molecule has 7 nitrogen and oxygen atoms in total. The van der Waals surface area contributed by atoms with E-state index in [0.29, 0.717) is 29.5 Å². The maximum atomic E-state index is 12.5. The first-order valence-corrected chi connectivity index (χ1v) is 7.86. The number of carbonyl (C=O) groups is 2. The monoisotopic (exact) mass is 335 g/mol. The first-order valence-electron chi connectivity index (χ1n) is 7.48. The predicted molar refractivity (Wildman–Crippen MR) is 86.6 cm³/mol. The van der Waals surface area contributed by atoms with Gasteiger partial charge in [-0.2, -0.15) is 5.10 Å². The molecule has 3 N–H and O–H groups in total. The number of piperidine rings is 1. The maximum absolute atomic E-state index is 12.5. The van der Waals surface area contributed by atoms with E-state index in [9.17, 15) is 9.59 Å². The number of anilines is 1. The number of nitrogens with one attached hydrogen (secondary N) is 3. The van der Waals surface area contributed by atoms with Crippen LogP contribution in [0.3, 0.4) is 0 Å². The number of hydrogen-bond donors (Lipinski definition) is 3. The van der Waals surface area contributed by atoms with E-state index in [1.165, 1.54) is 6.92 Å². The first kappa shape index (κ1) is 15.6. The summed E-state index contributed by atoms with van der Waals surface area (Å²) in [5, 5.41) is 10.3. The molecule has 1 saturated heterocycles. The van der Waals surface area contributed by atoms with Crippen LogP contribution in [0.5, 0.6) is 0 Å². The Morgan fingerprint density at radius 2 is 2.30 bits per heavy atom. The van der Waals surface area contributed by atoms with E-state index in [1.807, 2.05) is 0 Å². The van der Waals surface area contributed by atoms with Gasteiger partial charge in [0.05, 0.1) is 22.6 Å². The lowest BCUT2D eigenvalue weighted by Crippen LogP contribution is -2.39. The molecule has 122 valence electrons. The number of amides is 2. The van der Waals surface area contributed by atoms with Crippen molar-refractivity contribution in [3.8, 4) is 0 Å². The molecule has 1 fully saturated rings. The summed E-state index contributed by atoms with van der Waals surface area (Å²) in [6, 6.07) is 1.63. The van der Waals surface area contributed by atoms with Crippen molar-refractivity contribution in [2.75, 3.05) is 18.4 Å². The highest BCUT2D eigenvalue weighted by Crippen LogP contribution is 2.31. The molecule has 1 atom stereocenters. The summed E-state index contributed by atoms with van der Waals surface area (Å²) in [7, 11) is 0. The second kappa shape index (κ2) is 6.45. The van der Waals surface area contributed by atoms with Crippen molar-refractivity contribution in [3.63, 3.8) is 0 Å². The predicted octanol–water partition coefficient (Wildman–Crippen LogP) is 2.37. The molecule has 0 saturated carbocycles. The Labute approximate surface area is 138 Å². The molecule has 0 bridgehead atoms. The summed E-state index contributed by atoms with van der Waals surface area (Å²) in [4.78, 5) is 28.5. The summed E-state index contributed by atoms with van der Waals surface area (Å²) in [6.45, 7) is 2.74. The molecule has 1 aliphatic heterocycles. The van der Waals surface area contributed by atoms with E-state index < -0.39 is 0 Å². The van der Waals surface area contributed by atoms with Gasteiger partial charge < -0.3 is 15.2 Å². The lowest BCUT2D eigenvalue weighted by molar-refractivity contribution is -0.114. The minimum Gasteiger partial charge on any atom is -0.356 e. The minimum atomic E-state index is -0.141. The average Bonchev–Trinajstić information content (AvgIpc) is 3.15. The first-order chi connectivity index (χ1) is 11.0. The second-order valence-electron chi connectivity index (χ2n) is 5.70. The highest BCUT2D eigenvalue weighted by atomic mass is 35.5. The van der Waals surface area contributed by atoms with Crippen molar-refractivity contribution < 1.29 is 9.59 Å². The fraction of sp³-hybridized carbons (Fsp3) is 0.400. The van der Waals surface area contributed by atoms with Gasteiger partial charge in [0.25, 0.3) is 5.91 Å². The smallest absolute Gasteiger partial charge is 0.270 e. The number of aromatic amines is 2. The van der Waals surface area contributed by atoms with Crippen LogP contribution in [0, 0.1) is 0 Å². The fourth-order valence-electron chi connectivity index (χ4n) is 2.96. The average molecular weight is 336 g/mol. The molecular formula is C15H18ClN5O2. The summed E-state index contributed by atoms with van der Waals surface area (Å²) in [5.41, 5.74) is 2.03. The van der Waals surface area contributed by atoms with Crippen molar-refractivity contribution in [2.24, 2.45) is 0 Å². The normalized spacial score (nSPS) is 18.0. The van der Waals surface area contributed by atoms with Gasteiger partial charge in [-0.1, -0.05) is 11.6 Å². The number of nitrogens with zero attached hydrogens (tertiary/aromatic N) is 2. The van der Waals surface area contributed by atoms with Crippen molar-refractivity contribution in [1.82, 2.24) is 20.1 Å². The molecule has 2 aromatic heterocycles. The number of likely N-dealkylation sites (tertiary alicyclic amines) is 1. The lowest BCUT2D eigenvalue weighted by Gasteiger charge is -2.32. The Balaban J connectivity index is 1.75. The molecule has 23 heavy (non-hydrogen) atoms. The second-order valence-corrected chi connectivity index (χ2v) is 6.14. The molecular weight excluding hydrogens is 318 g/mol. The molecule has 2 amide bonds. The summed E-state index contributed by atoms with van der Waals surface area (Å²) in [6.07, 6.45) is 5.02. The molecule has 1 aliphatic rings. The molecule has 2 aromatic rings. The van der Waals surface area contributed by atoms with Gasteiger partial charge in [0, 0.05) is 32.1 Å². The molecule has 3 heterocycles. The molecule has 3 rings (SSSR count). The van der Waals surface area contributed by atoms with Gasteiger partial charge >= 0.3 is 0 Å². The van der Waals surface area contributed by atoms with Crippen LogP contribution in [0.25, 0.3) is 0 Å². The number of carbonyl (C=O) groups excluding carboxylic acids is 2. The van der Waals surface area contributed by atoms with Crippen molar-refractivity contribution in [2.45, 2.75) is 25.7 Å². The third-order valence-corrected chi connectivity index (χ3v) is 4.19. The van der Waals surface area contributed by atoms with Gasteiger partial charge in [-0.3, -0.25) is 14.7 Å². The van der Waals surface area contributed by atoms with Gasteiger partial charge in [0.15, 0.2) is 0 Å². The van der Waals surface area contributed by atoms with Crippen LogP contribution in [-0.2, 0) is 4.79 Å². The Kier molecular flexibility index (Phi) is 4.38. The van der Waals surface area contributed by atoms with Crippen molar-refractivity contribution in [1.29, 1.82) is 0 Å². The van der Waals surface area contributed by atoms with Crippen LogP contribution in [0.15, 0.2) is 18.5 Å². The van der Waals surface area contributed by atoms with E-state index in [4.69, 9.17) is 11.6 Å². The van der Waals surface area contributed by atoms with Crippen LogP contribution in [0.1, 0.15) is 41.9 Å². The molecule has 0 radical (unpaired) electrons. The summed E-state index contributed by atoms with van der Waals surface area (Å²) >= 11 is 5.87. The van der Waals surface area contributed by atoms with Gasteiger partial charge in [-0.15, -0.1) is 0 Å². The number of H-pyrrole nitrogens is 2. The molecule has 0 aromatic carbocycles.